The number of hydrogen-bond donors (Lipinski definition) is 1. The van der Waals surface area contributed by atoms with Crippen LogP contribution in [-0.2, 0) is 16.8 Å². The molecule has 1 aliphatic rings. The van der Waals surface area contributed by atoms with Crippen molar-refractivity contribution in [3.63, 3.8) is 0 Å². The van der Waals surface area contributed by atoms with Gasteiger partial charge in [0.05, 0.1) is 12.5 Å². The minimum Gasteiger partial charge on any atom is -0.393 e. The fourth-order valence-electron chi connectivity index (χ4n) is 2.70. The molecule has 1 saturated carbocycles. The second kappa shape index (κ2) is 6.48. The third-order valence-electron chi connectivity index (χ3n) is 3.84. The highest BCUT2D eigenvalue weighted by atomic mass is 16.5. The lowest BCUT2D eigenvalue weighted by molar-refractivity contribution is -0.0777. The number of hydrogen-bond acceptors (Lipinski definition) is 5. The Kier molecular flexibility index (Phi) is 4.93. The lowest BCUT2D eigenvalue weighted by atomic mass is 9.84. The molecule has 0 spiro atoms. The third kappa shape index (κ3) is 3.34. The molecule has 1 N–H and O–H groups in total. The molecule has 1 aromatic rings. The van der Waals surface area contributed by atoms with E-state index in [1.807, 2.05) is 13.8 Å². The average Bonchev–Trinajstić information content (AvgIpc) is 2.89. The molecule has 1 fully saturated rings. The summed E-state index contributed by atoms with van der Waals surface area (Å²) in [6, 6.07) is 0. The SMILES string of the molecule is CCOC1(c2noc(CC(O)CC)n2)CCCCC1. The Bertz CT molecular complexity index is 380. The first-order valence-corrected chi connectivity index (χ1v) is 7.35. The van der Waals surface area contributed by atoms with E-state index in [1.165, 1.54) is 6.42 Å². The van der Waals surface area contributed by atoms with Crippen LogP contribution >= 0.6 is 0 Å². The Labute approximate surface area is 114 Å². The van der Waals surface area contributed by atoms with Gasteiger partial charge in [0, 0.05) is 6.61 Å². The lowest BCUT2D eigenvalue weighted by Crippen LogP contribution is -2.33. The molecule has 0 aliphatic heterocycles. The van der Waals surface area contributed by atoms with Gasteiger partial charge in [-0.05, 0) is 26.2 Å². The van der Waals surface area contributed by atoms with Gasteiger partial charge in [-0.1, -0.05) is 31.3 Å². The zero-order valence-corrected chi connectivity index (χ0v) is 11.9. The molecule has 0 aromatic carbocycles. The standard InChI is InChI=1S/C14H24N2O3/c1-3-11(17)10-12-15-13(16-19-12)14(18-4-2)8-6-5-7-9-14/h11,17H,3-10H2,1-2H3. The van der Waals surface area contributed by atoms with Crippen molar-refractivity contribution in [2.75, 3.05) is 6.61 Å². The molecule has 108 valence electrons. The van der Waals surface area contributed by atoms with Crippen LogP contribution in [-0.4, -0.2) is 28.0 Å². The van der Waals surface area contributed by atoms with Crippen LogP contribution in [0.5, 0.6) is 0 Å². The van der Waals surface area contributed by atoms with Gasteiger partial charge in [-0.25, -0.2) is 0 Å². The molecule has 1 atom stereocenters. The Morgan fingerprint density at radius 3 is 2.68 bits per heavy atom. The summed E-state index contributed by atoms with van der Waals surface area (Å²) in [4.78, 5) is 4.45. The van der Waals surface area contributed by atoms with Crippen LogP contribution in [0.4, 0.5) is 0 Å². The van der Waals surface area contributed by atoms with Crippen LogP contribution in [0.15, 0.2) is 4.52 Å². The topological polar surface area (TPSA) is 68.4 Å². The number of aromatic nitrogens is 2. The van der Waals surface area contributed by atoms with Crippen molar-refractivity contribution in [1.29, 1.82) is 0 Å². The number of ether oxygens (including phenoxy) is 1. The second-order valence-corrected chi connectivity index (χ2v) is 5.27. The van der Waals surface area contributed by atoms with Crippen LogP contribution in [0, 0.1) is 0 Å². The summed E-state index contributed by atoms with van der Waals surface area (Å²) < 4.78 is 11.2. The fraction of sp³-hybridized carbons (Fsp3) is 0.857. The van der Waals surface area contributed by atoms with Gasteiger partial charge in [-0.15, -0.1) is 0 Å². The van der Waals surface area contributed by atoms with Gasteiger partial charge in [0.1, 0.15) is 5.60 Å². The Hall–Kier alpha value is -0.940. The van der Waals surface area contributed by atoms with Gasteiger partial charge in [-0.2, -0.15) is 4.98 Å². The summed E-state index contributed by atoms with van der Waals surface area (Å²) in [5.74, 6) is 1.17. The van der Waals surface area contributed by atoms with Crippen LogP contribution in [0.2, 0.25) is 0 Å². The molecule has 0 bridgehead atoms. The van der Waals surface area contributed by atoms with Gasteiger partial charge < -0.3 is 14.4 Å². The summed E-state index contributed by atoms with van der Waals surface area (Å²) in [7, 11) is 0. The van der Waals surface area contributed by atoms with E-state index in [2.05, 4.69) is 10.1 Å². The van der Waals surface area contributed by atoms with Gasteiger partial charge in [0.15, 0.2) is 0 Å². The molecule has 19 heavy (non-hydrogen) atoms. The maximum atomic E-state index is 9.64. The fourth-order valence-corrected chi connectivity index (χ4v) is 2.70. The van der Waals surface area contributed by atoms with Crippen molar-refractivity contribution in [1.82, 2.24) is 10.1 Å². The van der Waals surface area contributed by atoms with Crippen molar-refractivity contribution in [3.8, 4) is 0 Å². The van der Waals surface area contributed by atoms with E-state index in [0.29, 0.717) is 31.2 Å². The van der Waals surface area contributed by atoms with Gasteiger partial charge in [0.2, 0.25) is 11.7 Å². The quantitative estimate of drug-likeness (QED) is 0.858. The smallest absolute Gasteiger partial charge is 0.229 e. The van der Waals surface area contributed by atoms with Crippen LogP contribution in [0.1, 0.15) is 64.1 Å². The molecule has 5 nitrogen and oxygen atoms in total. The average molecular weight is 268 g/mol. The zero-order chi connectivity index (χ0) is 13.7. The zero-order valence-electron chi connectivity index (χ0n) is 11.9. The minimum absolute atomic E-state index is 0.369. The summed E-state index contributed by atoms with van der Waals surface area (Å²) >= 11 is 0. The van der Waals surface area contributed by atoms with E-state index in [1.54, 1.807) is 0 Å². The Balaban J connectivity index is 2.13. The number of aliphatic hydroxyl groups is 1. The molecule has 0 amide bonds. The summed E-state index contributed by atoms with van der Waals surface area (Å²) in [6.45, 7) is 4.59. The van der Waals surface area contributed by atoms with Gasteiger partial charge >= 0.3 is 0 Å². The van der Waals surface area contributed by atoms with Crippen molar-refractivity contribution in [2.45, 2.75) is 70.5 Å². The molecule has 1 unspecified atom stereocenters. The predicted octanol–water partition coefficient (Wildman–Crippen LogP) is 2.58. The maximum absolute atomic E-state index is 9.64. The highest BCUT2D eigenvalue weighted by Gasteiger charge is 2.39. The van der Waals surface area contributed by atoms with Crippen molar-refractivity contribution in [2.24, 2.45) is 0 Å². The minimum atomic E-state index is -0.414. The van der Waals surface area contributed by atoms with Crippen molar-refractivity contribution < 1.29 is 14.4 Å². The Morgan fingerprint density at radius 1 is 1.32 bits per heavy atom. The molecular weight excluding hydrogens is 244 g/mol. The molecule has 1 aromatic heterocycles. The summed E-state index contributed by atoms with van der Waals surface area (Å²) in [5.41, 5.74) is -0.369. The Morgan fingerprint density at radius 2 is 2.05 bits per heavy atom. The molecule has 2 rings (SSSR count). The van der Waals surface area contributed by atoms with E-state index in [-0.39, 0.29) is 5.60 Å². The predicted molar refractivity (Wildman–Crippen MR) is 70.7 cm³/mol. The first kappa shape index (κ1) is 14.5. The summed E-state index contributed by atoms with van der Waals surface area (Å²) in [6.07, 6.45) is 6.13. The van der Waals surface area contributed by atoms with Crippen molar-refractivity contribution in [3.05, 3.63) is 11.7 Å². The largest absolute Gasteiger partial charge is 0.393 e. The van der Waals surface area contributed by atoms with E-state index >= 15 is 0 Å². The van der Waals surface area contributed by atoms with Crippen molar-refractivity contribution >= 4 is 0 Å². The summed E-state index contributed by atoms with van der Waals surface area (Å²) in [5, 5.41) is 13.7. The van der Waals surface area contributed by atoms with E-state index in [9.17, 15) is 5.11 Å². The van der Waals surface area contributed by atoms with Crippen LogP contribution in [0.25, 0.3) is 0 Å². The normalized spacial score (nSPS) is 20.4. The molecule has 1 aliphatic carbocycles. The molecule has 1 heterocycles. The molecule has 0 radical (unpaired) electrons. The van der Waals surface area contributed by atoms with Gasteiger partial charge in [0.25, 0.3) is 0 Å². The van der Waals surface area contributed by atoms with E-state index in [0.717, 1.165) is 25.7 Å². The van der Waals surface area contributed by atoms with E-state index in [4.69, 9.17) is 9.26 Å². The first-order valence-electron chi connectivity index (χ1n) is 7.35. The highest BCUT2D eigenvalue weighted by molar-refractivity contribution is 5.03. The third-order valence-corrected chi connectivity index (χ3v) is 3.84. The first-order chi connectivity index (χ1) is 9.20. The second-order valence-electron chi connectivity index (χ2n) is 5.27. The van der Waals surface area contributed by atoms with E-state index < -0.39 is 6.10 Å². The van der Waals surface area contributed by atoms with Crippen LogP contribution in [0.3, 0.4) is 0 Å². The molecule has 5 heteroatoms. The number of aliphatic hydroxyl groups excluding tert-OH is 1. The lowest BCUT2D eigenvalue weighted by Gasteiger charge is -2.33. The van der Waals surface area contributed by atoms with Gasteiger partial charge in [-0.3, -0.25) is 0 Å². The molecule has 0 saturated heterocycles. The molecular formula is C14H24N2O3. The highest BCUT2D eigenvalue weighted by Crippen LogP contribution is 2.39. The van der Waals surface area contributed by atoms with Crippen LogP contribution < -0.4 is 0 Å². The maximum Gasteiger partial charge on any atom is 0.229 e. The number of nitrogens with zero attached hydrogens (tertiary/aromatic N) is 2. The number of rotatable bonds is 6. The monoisotopic (exact) mass is 268 g/mol.